The molecular weight excluding hydrogens is 278 g/mol. The lowest BCUT2D eigenvalue weighted by Crippen LogP contribution is -2.04. The number of aryl methyl sites for hydroxylation is 2. The third-order valence-electron chi connectivity index (χ3n) is 3.53. The summed E-state index contributed by atoms with van der Waals surface area (Å²) in [5.41, 5.74) is 3.63. The van der Waals surface area contributed by atoms with Crippen molar-refractivity contribution in [2.75, 3.05) is 0 Å². The van der Waals surface area contributed by atoms with Crippen molar-refractivity contribution in [3.05, 3.63) is 70.5 Å². The van der Waals surface area contributed by atoms with Crippen LogP contribution in [0, 0.1) is 11.7 Å². The standard InChI is InChI=1S/C17H17N3S/c1-13-7-9-15(10-8-13)16-18-19-17(21)20(16)12-11-14-5-3-2-4-6-14/h2-10H,11-12H2,1H3,(H,19,21). The van der Waals surface area contributed by atoms with Crippen molar-refractivity contribution in [2.24, 2.45) is 0 Å². The van der Waals surface area contributed by atoms with Crippen LogP contribution in [-0.2, 0) is 13.0 Å². The lowest BCUT2D eigenvalue weighted by molar-refractivity contribution is 0.692. The van der Waals surface area contributed by atoms with Crippen LogP contribution < -0.4 is 0 Å². The molecule has 1 heterocycles. The molecule has 1 N–H and O–H groups in total. The molecule has 0 unspecified atom stereocenters. The quantitative estimate of drug-likeness (QED) is 0.733. The highest BCUT2D eigenvalue weighted by molar-refractivity contribution is 7.71. The van der Waals surface area contributed by atoms with E-state index in [0.717, 1.165) is 24.4 Å². The highest BCUT2D eigenvalue weighted by Crippen LogP contribution is 2.18. The first-order chi connectivity index (χ1) is 10.2. The number of aromatic amines is 1. The average Bonchev–Trinajstić information content (AvgIpc) is 2.88. The van der Waals surface area contributed by atoms with Gasteiger partial charge >= 0.3 is 0 Å². The van der Waals surface area contributed by atoms with Gasteiger partial charge in [-0.3, -0.25) is 9.67 Å². The molecule has 21 heavy (non-hydrogen) atoms. The molecule has 0 aliphatic carbocycles. The van der Waals surface area contributed by atoms with Crippen molar-refractivity contribution >= 4 is 12.2 Å². The molecule has 106 valence electrons. The van der Waals surface area contributed by atoms with Crippen molar-refractivity contribution in [2.45, 2.75) is 19.9 Å². The summed E-state index contributed by atoms with van der Waals surface area (Å²) < 4.78 is 2.73. The van der Waals surface area contributed by atoms with Crippen molar-refractivity contribution in [1.82, 2.24) is 14.8 Å². The summed E-state index contributed by atoms with van der Waals surface area (Å²) in [6.45, 7) is 2.90. The normalized spacial score (nSPS) is 10.7. The van der Waals surface area contributed by atoms with Gasteiger partial charge in [0.1, 0.15) is 0 Å². The van der Waals surface area contributed by atoms with Crippen molar-refractivity contribution in [1.29, 1.82) is 0 Å². The SMILES string of the molecule is Cc1ccc(-c2n[nH]c(=S)n2CCc2ccccc2)cc1. The molecule has 0 aliphatic heterocycles. The topological polar surface area (TPSA) is 33.6 Å². The fourth-order valence-electron chi connectivity index (χ4n) is 2.33. The summed E-state index contributed by atoms with van der Waals surface area (Å²) in [6.07, 6.45) is 0.938. The number of hydrogen-bond donors (Lipinski definition) is 1. The van der Waals surface area contributed by atoms with Crippen molar-refractivity contribution in [3.63, 3.8) is 0 Å². The van der Waals surface area contributed by atoms with E-state index in [9.17, 15) is 0 Å². The van der Waals surface area contributed by atoms with E-state index in [1.54, 1.807) is 0 Å². The molecule has 1 aromatic heterocycles. The van der Waals surface area contributed by atoms with Gasteiger partial charge in [-0.15, -0.1) is 0 Å². The van der Waals surface area contributed by atoms with Crippen molar-refractivity contribution < 1.29 is 0 Å². The Morgan fingerprint density at radius 2 is 1.76 bits per heavy atom. The minimum Gasteiger partial charge on any atom is -0.300 e. The van der Waals surface area contributed by atoms with Gasteiger partial charge in [-0.05, 0) is 31.1 Å². The van der Waals surface area contributed by atoms with Gasteiger partial charge in [-0.1, -0.05) is 60.2 Å². The first kappa shape index (κ1) is 13.8. The Morgan fingerprint density at radius 1 is 1.05 bits per heavy atom. The Morgan fingerprint density at radius 3 is 2.48 bits per heavy atom. The summed E-state index contributed by atoms with van der Waals surface area (Å²) in [4.78, 5) is 0. The molecule has 3 nitrogen and oxygen atoms in total. The molecule has 0 atom stereocenters. The minimum atomic E-state index is 0.668. The maximum atomic E-state index is 5.36. The molecular formula is C17H17N3S. The number of benzene rings is 2. The van der Waals surface area contributed by atoms with Crippen LogP contribution in [-0.4, -0.2) is 14.8 Å². The van der Waals surface area contributed by atoms with Gasteiger partial charge in [0, 0.05) is 12.1 Å². The van der Waals surface area contributed by atoms with Crippen molar-refractivity contribution in [3.8, 4) is 11.4 Å². The Hall–Kier alpha value is -2.20. The van der Waals surface area contributed by atoms with Gasteiger partial charge in [0.25, 0.3) is 0 Å². The Bertz CT molecular complexity index is 770. The van der Waals surface area contributed by atoms with Crippen LogP contribution in [0.2, 0.25) is 0 Å². The number of aromatic nitrogens is 3. The molecule has 3 aromatic rings. The second kappa shape index (κ2) is 6.06. The molecule has 4 heteroatoms. The smallest absolute Gasteiger partial charge is 0.195 e. The van der Waals surface area contributed by atoms with Gasteiger partial charge in [-0.2, -0.15) is 5.10 Å². The van der Waals surface area contributed by atoms with E-state index in [1.807, 2.05) is 6.07 Å². The number of rotatable bonds is 4. The van der Waals surface area contributed by atoms with E-state index in [1.165, 1.54) is 11.1 Å². The minimum absolute atomic E-state index is 0.668. The largest absolute Gasteiger partial charge is 0.300 e. The number of nitrogens with one attached hydrogen (secondary N) is 1. The maximum Gasteiger partial charge on any atom is 0.195 e. The molecule has 3 rings (SSSR count). The van der Waals surface area contributed by atoms with Crippen LogP contribution in [0.4, 0.5) is 0 Å². The third-order valence-corrected chi connectivity index (χ3v) is 3.85. The molecule has 0 aliphatic rings. The van der Waals surface area contributed by atoms with Gasteiger partial charge in [0.2, 0.25) is 0 Å². The van der Waals surface area contributed by atoms with E-state index in [4.69, 9.17) is 12.2 Å². The molecule has 0 radical (unpaired) electrons. The van der Waals surface area contributed by atoms with E-state index >= 15 is 0 Å². The highest BCUT2D eigenvalue weighted by Gasteiger charge is 2.08. The molecule has 0 saturated carbocycles. The van der Waals surface area contributed by atoms with Crippen LogP contribution in [0.5, 0.6) is 0 Å². The van der Waals surface area contributed by atoms with E-state index in [2.05, 4.69) is 70.2 Å². The second-order valence-corrected chi connectivity index (χ2v) is 5.49. The first-order valence-corrected chi connectivity index (χ1v) is 7.41. The van der Waals surface area contributed by atoms with E-state index in [0.29, 0.717) is 4.77 Å². The Labute approximate surface area is 129 Å². The first-order valence-electron chi connectivity index (χ1n) is 7.00. The zero-order valence-corrected chi connectivity index (χ0v) is 12.7. The zero-order chi connectivity index (χ0) is 14.7. The van der Waals surface area contributed by atoms with Gasteiger partial charge in [0.15, 0.2) is 10.6 Å². The van der Waals surface area contributed by atoms with Gasteiger partial charge in [-0.25, -0.2) is 0 Å². The molecule has 0 amide bonds. The number of nitrogens with zero attached hydrogens (tertiary/aromatic N) is 2. The molecule has 2 aromatic carbocycles. The molecule has 0 saturated heterocycles. The summed E-state index contributed by atoms with van der Waals surface area (Å²) in [6, 6.07) is 18.8. The van der Waals surface area contributed by atoms with Crippen LogP contribution in [0.3, 0.4) is 0 Å². The fraction of sp³-hybridized carbons (Fsp3) is 0.176. The average molecular weight is 295 g/mol. The third kappa shape index (κ3) is 3.11. The van der Waals surface area contributed by atoms with E-state index in [-0.39, 0.29) is 0 Å². The predicted octanol–water partition coefficient (Wildman–Crippen LogP) is 4.16. The van der Waals surface area contributed by atoms with E-state index < -0.39 is 0 Å². The number of H-pyrrole nitrogens is 1. The van der Waals surface area contributed by atoms with Crippen LogP contribution >= 0.6 is 12.2 Å². The predicted molar refractivity (Wildman–Crippen MR) is 87.7 cm³/mol. The lowest BCUT2D eigenvalue weighted by Gasteiger charge is -2.07. The zero-order valence-electron chi connectivity index (χ0n) is 11.9. The maximum absolute atomic E-state index is 5.36. The number of hydrogen-bond acceptors (Lipinski definition) is 2. The summed E-state index contributed by atoms with van der Waals surface area (Å²) >= 11 is 5.36. The summed E-state index contributed by atoms with van der Waals surface area (Å²) in [5, 5.41) is 7.28. The fourth-order valence-corrected chi connectivity index (χ4v) is 2.56. The van der Waals surface area contributed by atoms with Gasteiger partial charge in [0.05, 0.1) is 0 Å². The molecule has 0 spiro atoms. The lowest BCUT2D eigenvalue weighted by atomic mass is 10.1. The monoisotopic (exact) mass is 295 g/mol. The van der Waals surface area contributed by atoms with Crippen LogP contribution in [0.25, 0.3) is 11.4 Å². The Balaban J connectivity index is 1.87. The summed E-state index contributed by atoms with van der Waals surface area (Å²) in [5.74, 6) is 0.899. The summed E-state index contributed by atoms with van der Waals surface area (Å²) in [7, 11) is 0. The van der Waals surface area contributed by atoms with Crippen LogP contribution in [0.15, 0.2) is 54.6 Å². The highest BCUT2D eigenvalue weighted by atomic mass is 32.1. The Kier molecular flexibility index (Phi) is 3.97. The molecule has 0 fully saturated rings. The molecule has 0 bridgehead atoms. The van der Waals surface area contributed by atoms with Crippen LogP contribution in [0.1, 0.15) is 11.1 Å². The second-order valence-electron chi connectivity index (χ2n) is 5.11. The van der Waals surface area contributed by atoms with Gasteiger partial charge < -0.3 is 0 Å².